The molecule has 0 saturated carbocycles. The Hall–Kier alpha value is -2.00. The molecule has 0 atom stereocenters. The highest BCUT2D eigenvalue weighted by atomic mass is 35.5. The number of amides is 1. The van der Waals surface area contributed by atoms with Gasteiger partial charge in [0.25, 0.3) is 0 Å². The van der Waals surface area contributed by atoms with Crippen molar-refractivity contribution in [2.24, 2.45) is 0 Å². The highest BCUT2D eigenvalue weighted by molar-refractivity contribution is 6.31. The largest absolute Gasteiger partial charge is 0.399 e. The zero-order valence-electron chi connectivity index (χ0n) is 11.5. The molecular formula is C16H17ClN2O. The molecule has 0 bridgehead atoms. The Kier molecular flexibility index (Phi) is 4.30. The minimum atomic E-state index is -0.0922. The Morgan fingerprint density at radius 2 is 1.90 bits per heavy atom. The number of carbonyl (C=O) groups is 1. The molecule has 0 unspecified atom stereocenters. The fourth-order valence-electron chi connectivity index (χ4n) is 1.98. The maximum absolute atomic E-state index is 12.1. The highest BCUT2D eigenvalue weighted by Crippen LogP contribution is 2.23. The second kappa shape index (κ2) is 5.97. The van der Waals surface area contributed by atoms with E-state index in [0.29, 0.717) is 5.02 Å². The van der Waals surface area contributed by atoms with Crippen molar-refractivity contribution in [2.45, 2.75) is 20.3 Å². The Labute approximate surface area is 123 Å². The second-order valence-corrected chi connectivity index (χ2v) is 5.25. The molecule has 0 fully saturated rings. The minimum Gasteiger partial charge on any atom is -0.399 e. The highest BCUT2D eigenvalue weighted by Gasteiger charge is 2.09. The zero-order chi connectivity index (χ0) is 14.7. The minimum absolute atomic E-state index is 0.0922. The molecule has 4 heteroatoms. The van der Waals surface area contributed by atoms with Crippen LogP contribution in [0.3, 0.4) is 0 Å². The lowest BCUT2D eigenvalue weighted by Gasteiger charge is -2.11. The van der Waals surface area contributed by atoms with Crippen molar-refractivity contribution < 1.29 is 4.79 Å². The van der Waals surface area contributed by atoms with Gasteiger partial charge in [0, 0.05) is 16.4 Å². The van der Waals surface area contributed by atoms with E-state index in [1.165, 1.54) is 0 Å². The van der Waals surface area contributed by atoms with Crippen LogP contribution in [0.25, 0.3) is 0 Å². The molecule has 3 N–H and O–H groups in total. The lowest BCUT2D eigenvalue weighted by atomic mass is 10.1. The molecule has 20 heavy (non-hydrogen) atoms. The molecule has 2 aromatic carbocycles. The predicted molar refractivity (Wildman–Crippen MR) is 84.1 cm³/mol. The Balaban J connectivity index is 2.13. The molecule has 104 valence electrons. The summed E-state index contributed by atoms with van der Waals surface area (Å²) in [6.45, 7) is 3.83. The summed E-state index contributed by atoms with van der Waals surface area (Å²) in [5, 5.41) is 3.51. The van der Waals surface area contributed by atoms with Crippen LogP contribution in [0.2, 0.25) is 5.02 Å². The standard InChI is InChI=1S/C16H17ClN2O/c1-10-8-15(11(2)7-14(10)18)19-16(20)9-12-5-3-4-6-13(12)17/h3-8H,9,18H2,1-2H3,(H,19,20). The number of anilines is 2. The smallest absolute Gasteiger partial charge is 0.228 e. The summed E-state index contributed by atoms with van der Waals surface area (Å²) in [6, 6.07) is 11.1. The number of hydrogen-bond acceptors (Lipinski definition) is 2. The number of hydrogen-bond donors (Lipinski definition) is 2. The first-order chi connectivity index (χ1) is 9.47. The van der Waals surface area contributed by atoms with E-state index in [9.17, 15) is 4.79 Å². The number of rotatable bonds is 3. The van der Waals surface area contributed by atoms with Gasteiger partial charge in [0.2, 0.25) is 5.91 Å². The van der Waals surface area contributed by atoms with Crippen molar-refractivity contribution >= 4 is 28.9 Å². The van der Waals surface area contributed by atoms with Crippen LogP contribution in [0.15, 0.2) is 36.4 Å². The third kappa shape index (κ3) is 3.31. The van der Waals surface area contributed by atoms with Gasteiger partial charge in [-0.05, 0) is 48.7 Å². The molecule has 0 aliphatic heterocycles. The van der Waals surface area contributed by atoms with Crippen LogP contribution in [0.4, 0.5) is 11.4 Å². The van der Waals surface area contributed by atoms with E-state index in [-0.39, 0.29) is 12.3 Å². The molecule has 1 amide bonds. The van der Waals surface area contributed by atoms with E-state index >= 15 is 0 Å². The van der Waals surface area contributed by atoms with Crippen LogP contribution < -0.4 is 11.1 Å². The van der Waals surface area contributed by atoms with E-state index in [2.05, 4.69) is 5.32 Å². The average molecular weight is 289 g/mol. The number of aryl methyl sites for hydroxylation is 2. The number of halogens is 1. The summed E-state index contributed by atoms with van der Waals surface area (Å²) in [6.07, 6.45) is 0.253. The quantitative estimate of drug-likeness (QED) is 0.846. The van der Waals surface area contributed by atoms with Gasteiger partial charge in [0.15, 0.2) is 0 Å². The van der Waals surface area contributed by atoms with E-state index in [1.807, 2.05) is 44.2 Å². The van der Waals surface area contributed by atoms with Crippen LogP contribution in [0.1, 0.15) is 16.7 Å². The van der Waals surface area contributed by atoms with Gasteiger partial charge in [0.05, 0.1) is 6.42 Å². The molecule has 0 saturated heterocycles. The molecule has 3 nitrogen and oxygen atoms in total. The number of nitrogens with one attached hydrogen (secondary N) is 1. The Morgan fingerprint density at radius 3 is 2.60 bits per heavy atom. The normalized spacial score (nSPS) is 10.3. The van der Waals surface area contributed by atoms with Gasteiger partial charge in [0.1, 0.15) is 0 Å². The van der Waals surface area contributed by atoms with Crippen molar-refractivity contribution in [3.05, 3.63) is 58.1 Å². The fourth-order valence-corrected chi connectivity index (χ4v) is 2.18. The first-order valence-corrected chi connectivity index (χ1v) is 6.75. The summed E-state index contributed by atoms with van der Waals surface area (Å²) in [5.41, 5.74) is 10.1. The zero-order valence-corrected chi connectivity index (χ0v) is 12.3. The van der Waals surface area contributed by atoms with Crippen molar-refractivity contribution in [1.29, 1.82) is 0 Å². The fraction of sp³-hybridized carbons (Fsp3) is 0.188. The number of carbonyl (C=O) groups excluding carboxylic acids is 1. The van der Waals surface area contributed by atoms with Crippen molar-refractivity contribution in [3.63, 3.8) is 0 Å². The predicted octanol–water partition coefficient (Wildman–Crippen LogP) is 3.72. The van der Waals surface area contributed by atoms with E-state index in [4.69, 9.17) is 17.3 Å². The number of nitrogen functional groups attached to an aromatic ring is 1. The summed E-state index contributed by atoms with van der Waals surface area (Å²) < 4.78 is 0. The van der Waals surface area contributed by atoms with Crippen molar-refractivity contribution in [2.75, 3.05) is 11.1 Å². The molecule has 2 aromatic rings. The molecule has 0 aliphatic carbocycles. The summed E-state index contributed by atoms with van der Waals surface area (Å²) >= 11 is 6.05. The number of benzene rings is 2. The molecule has 2 rings (SSSR count). The maximum atomic E-state index is 12.1. The monoisotopic (exact) mass is 288 g/mol. The van der Waals surface area contributed by atoms with Gasteiger partial charge in [-0.25, -0.2) is 0 Å². The van der Waals surface area contributed by atoms with Crippen molar-refractivity contribution in [3.8, 4) is 0 Å². The van der Waals surface area contributed by atoms with Gasteiger partial charge in [-0.2, -0.15) is 0 Å². The third-order valence-corrected chi connectivity index (χ3v) is 3.56. The van der Waals surface area contributed by atoms with E-state index < -0.39 is 0 Å². The van der Waals surface area contributed by atoms with Gasteiger partial charge in [-0.15, -0.1) is 0 Å². The lowest BCUT2D eigenvalue weighted by molar-refractivity contribution is -0.115. The summed E-state index contributed by atoms with van der Waals surface area (Å²) in [5.74, 6) is -0.0922. The van der Waals surface area contributed by atoms with Gasteiger partial charge >= 0.3 is 0 Å². The lowest BCUT2D eigenvalue weighted by Crippen LogP contribution is -2.15. The van der Waals surface area contributed by atoms with Gasteiger partial charge in [-0.3, -0.25) is 4.79 Å². The van der Waals surface area contributed by atoms with E-state index in [0.717, 1.165) is 28.1 Å². The van der Waals surface area contributed by atoms with Crippen LogP contribution in [0.5, 0.6) is 0 Å². The number of nitrogens with two attached hydrogens (primary N) is 1. The first kappa shape index (κ1) is 14.4. The summed E-state index contributed by atoms with van der Waals surface area (Å²) in [7, 11) is 0. The first-order valence-electron chi connectivity index (χ1n) is 6.37. The van der Waals surface area contributed by atoms with Crippen LogP contribution >= 0.6 is 11.6 Å². The molecule has 0 spiro atoms. The Morgan fingerprint density at radius 1 is 1.20 bits per heavy atom. The SMILES string of the molecule is Cc1cc(NC(=O)Cc2ccccc2Cl)c(C)cc1N. The summed E-state index contributed by atoms with van der Waals surface area (Å²) in [4.78, 5) is 12.1. The molecule has 0 heterocycles. The topological polar surface area (TPSA) is 55.1 Å². The third-order valence-electron chi connectivity index (χ3n) is 3.20. The van der Waals surface area contributed by atoms with E-state index in [1.54, 1.807) is 6.07 Å². The van der Waals surface area contributed by atoms with Gasteiger partial charge in [-0.1, -0.05) is 29.8 Å². The van der Waals surface area contributed by atoms with Crippen LogP contribution in [-0.4, -0.2) is 5.91 Å². The average Bonchev–Trinajstić information content (AvgIpc) is 2.39. The maximum Gasteiger partial charge on any atom is 0.228 e. The Bertz CT molecular complexity index is 653. The van der Waals surface area contributed by atoms with Gasteiger partial charge < -0.3 is 11.1 Å². The van der Waals surface area contributed by atoms with Crippen molar-refractivity contribution in [1.82, 2.24) is 0 Å². The van der Waals surface area contributed by atoms with Crippen LogP contribution in [-0.2, 0) is 11.2 Å². The second-order valence-electron chi connectivity index (χ2n) is 4.84. The molecular weight excluding hydrogens is 272 g/mol. The molecule has 0 radical (unpaired) electrons. The van der Waals surface area contributed by atoms with Crippen LogP contribution in [0, 0.1) is 13.8 Å². The molecule has 0 aliphatic rings. The molecule has 0 aromatic heterocycles.